The Morgan fingerprint density at radius 1 is 0.886 bits per heavy atom. The molecule has 0 amide bonds. The highest BCUT2D eigenvalue weighted by Crippen LogP contribution is 2.52. The van der Waals surface area contributed by atoms with E-state index in [0.717, 1.165) is 32.1 Å². The van der Waals surface area contributed by atoms with E-state index in [4.69, 9.17) is 10.5 Å². The predicted octanol–water partition coefficient (Wildman–Crippen LogP) is 6.00. The molecule has 4 atom stereocenters. The van der Waals surface area contributed by atoms with Crippen molar-refractivity contribution in [2.75, 3.05) is 38.0 Å². The van der Waals surface area contributed by atoms with E-state index in [2.05, 4.69) is 102 Å². The summed E-state index contributed by atoms with van der Waals surface area (Å²) in [5.41, 5.74) is 11.2. The molecule has 4 rings (SSSR count). The Bertz CT molecular complexity index is 1260. The molecule has 0 aromatic heterocycles. The molecule has 180 valence electrons. The highest BCUT2D eigenvalue weighted by Gasteiger charge is 2.45. The zero-order valence-electron chi connectivity index (χ0n) is 21.1. The Morgan fingerprint density at radius 3 is 1.89 bits per heavy atom. The number of nitrogens with zero attached hydrogens (tertiary/aromatic N) is 4. The number of fused-ring (bicyclic) bond motifs is 2. The second kappa shape index (κ2) is 10.5. The van der Waals surface area contributed by atoms with E-state index in [-0.39, 0.29) is 19.7 Å². The zero-order chi connectivity index (χ0) is 25.2. The minimum absolute atomic E-state index is 0.0476. The van der Waals surface area contributed by atoms with Crippen LogP contribution in [0.1, 0.15) is 39.8 Å². The molecule has 2 aliphatic rings. The summed E-state index contributed by atoms with van der Waals surface area (Å²) in [6.07, 6.45) is 11.5. The van der Waals surface area contributed by atoms with Crippen molar-refractivity contribution in [2.45, 2.75) is 37.8 Å². The van der Waals surface area contributed by atoms with E-state index in [1.54, 1.807) is 0 Å². The Balaban J connectivity index is 1.73. The maximum atomic E-state index is 9.13. The van der Waals surface area contributed by atoms with Gasteiger partial charge in [-0.05, 0) is 88.8 Å². The number of rotatable bonds is 7. The lowest BCUT2D eigenvalue weighted by molar-refractivity contribution is 0.326. The molecule has 0 bridgehead atoms. The van der Waals surface area contributed by atoms with Gasteiger partial charge in [-0.25, -0.2) is 0 Å². The van der Waals surface area contributed by atoms with Crippen LogP contribution in [0.15, 0.2) is 36.2 Å². The summed E-state index contributed by atoms with van der Waals surface area (Å²) in [6.45, 7) is 0. The summed E-state index contributed by atoms with van der Waals surface area (Å²) in [5.74, 6) is 4.26. The SMILES string of the molecule is CN(C)c1ccc(/C=C/CC(P)C#N)c2c1CC1(C2)Cc2c(/C=C/PC#N)ccc(N(C)C)c2C1. The third-order valence-corrected chi connectivity index (χ3v) is 8.20. The van der Waals surface area contributed by atoms with Crippen LogP contribution in [-0.4, -0.2) is 33.8 Å². The second-order valence-corrected chi connectivity index (χ2v) is 11.9. The summed E-state index contributed by atoms with van der Waals surface area (Å²) in [6, 6.07) is 11.3. The van der Waals surface area contributed by atoms with Crippen LogP contribution in [0.25, 0.3) is 12.2 Å². The Hall–Kier alpha value is -2.64. The third-order valence-electron chi connectivity index (χ3n) is 7.32. The number of anilines is 2. The summed E-state index contributed by atoms with van der Waals surface area (Å²) < 4.78 is 0. The molecule has 2 aliphatic carbocycles. The van der Waals surface area contributed by atoms with Gasteiger partial charge in [0.25, 0.3) is 0 Å². The smallest absolute Gasteiger partial charge is 0.0881 e. The topological polar surface area (TPSA) is 54.1 Å². The molecule has 1 spiro atoms. The summed E-state index contributed by atoms with van der Waals surface area (Å²) in [4.78, 5) is 4.47. The van der Waals surface area contributed by atoms with E-state index < -0.39 is 0 Å². The number of hydrogen-bond donors (Lipinski definition) is 0. The Labute approximate surface area is 214 Å². The summed E-state index contributed by atoms with van der Waals surface area (Å²) in [5, 5.41) is 18.1. The van der Waals surface area contributed by atoms with Crippen molar-refractivity contribution in [1.82, 2.24) is 0 Å². The first-order chi connectivity index (χ1) is 16.8. The zero-order valence-corrected chi connectivity index (χ0v) is 23.3. The molecule has 0 saturated heterocycles. The van der Waals surface area contributed by atoms with Crippen molar-refractivity contribution in [3.63, 3.8) is 0 Å². The first-order valence-electron chi connectivity index (χ1n) is 12.1. The van der Waals surface area contributed by atoms with Crippen molar-refractivity contribution in [1.29, 1.82) is 10.5 Å². The maximum absolute atomic E-state index is 9.13. The molecule has 4 nitrogen and oxygen atoms in total. The largest absolute Gasteiger partial charge is 0.377 e. The first kappa shape index (κ1) is 25.5. The van der Waals surface area contributed by atoms with Gasteiger partial charge in [-0.2, -0.15) is 10.5 Å². The average Bonchev–Trinajstić information content (AvgIpc) is 3.38. The molecular weight excluding hydrogens is 466 g/mol. The van der Waals surface area contributed by atoms with Gasteiger partial charge in [0, 0.05) is 48.1 Å². The standard InChI is InChI=1S/C29H34N4P2/c1-32(2)27-10-8-20(6-5-7-22(34)18-30)23-14-29(16-25(23)27)15-24-21(12-13-35-19-31)9-11-28(33(3)4)26(24)17-29/h5-6,8-13,22,35H,7,14-17,34H2,1-4H3/b6-5+,13-12+. The van der Waals surface area contributed by atoms with Gasteiger partial charge < -0.3 is 9.80 Å². The van der Waals surface area contributed by atoms with Crippen LogP contribution in [-0.2, 0) is 25.7 Å². The van der Waals surface area contributed by atoms with E-state index in [0.29, 0.717) is 0 Å². The van der Waals surface area contributed by atoms with Crippen LogP contribution in [0.3, 0.4) is 0 Å². The van der Waals surface area contributed by atoms with Gasteiger partial charge in [0.1, 0.15) is 0 Å². The van der Waals surface area contributed by atoms with E-state index in [1.165, 1.54) is 44.8 Å². The summed E-state index contributed by atoms with van der Waals surface area (Å²) >= 11 is 0. The lowest BCUT2D eigenvalue weighted by atomic mass is 9.81. The highest BCUT2D eigenvalue weighted by atomic mass is 31.1. The molecule has 0 aliphatic heterocycles. The van der Waals surface area contributed by atoms with Crippen molar-refractivity contribution < 1.29 is 0 Å². The molecule has 2 aromatic rings. The lowest BCUT2D eigenvalue weighted by Crippen LogP contribution is -2.22. The van der Waals surface area contributed by atoms with E-state index in [9.17, 15) is 0 Å². The molecule has 0 N–H and O–H groups in total. The normalized spacial score (nSPS) is 19.4. The van der Waals surface area contributed by atoms with Crippen molar-refractivity contribution >= 4 is 41.3 Å². The molecule has 0 saturated carbocycles. The fourth-order valence-corrected chi connectivity index (χ4v) is 6.29. The molecule has 35 heavy (non-hydrogen) atoms. The van der Waals surface area contributed by atoms with Gasteiger partial charge >= 0.3 is 0 Å². The number of hydrogen-bond acceptors (Lipinski definition) is 4. The van der Waals surface area contributed by atoms with E-state index in [1.807, 2.05) is 5.82 Å². The highest BCUT2D eigenvalue weighted by molar-refractivity contribution is 7.47. The van der Waals surface area contributed by atoms with Gasteiger partial charge in [-0.3, -0.25) is 0 Å². The monoisotopic (exact) mass is 500 g/mol. The third kappa shape index (κ3) is 5.16. The van der Waals surface area contributed by atoms with Crippen molar-refractivity contribution in [3.8, 4) is 11.9 Å². The van der Waals surface area contributed by atoms with Crippen LogP contribution in [0.2, 0.25) is 0 Å². The number of benzene rings is 2. The van der Waals surface area contributed by atoms with Gasteiger partial charge in [0.2, 0.25) is 0 Å². The van der Waals surface area contributed by atoms with Crippen LogP contribution in [0.5, 0.6) is 0 Å². The molecule has 0 fully saturated rings. The first-order valence-corrected chi connectivity index (χ1v) is 13.8. The quantitative estimate of drug-likeness (QED) is 0.438. The van der Waals surface area contributed by atoms with Gasteiger partial charge in [0.05, 0.1) is 17.5 Å². The number of nitriles is 2. The Morgan fingerprint density at radius 2 is 1.40 bits per heavy atom. The maximum Gasteiger partial charge on any atom is 0.0881 e. The molecular formula is C29H34N4P2. The minimum atomic E-state index is -0.0476. The van der Waals surface area contributed by atoms with Crippen LogP contribution in [0.4, 0.5) is 11.4 Å². The molecule has 2 aromatic carbocycles. The summed E-state index contributed by atoms with van der Waals surface area (Å²) in [7, 11) is 11.3. The minimum Gasteiger partial charge on any atom is -0.377 e. The fourth-order valence-electron chi connectivity index (χ4n) is 5.80. The lowest BCUT2D eigenvalue weighted by Gasteiger charge is -2.23. The van der Waals surface area contributed by atoms with Crippen LogP contribution < -0.4 is 9.80 Å². The van der Waals surface area contributed by atoms with Gasteiger partial charge in [-0.1, -0.05) is 30.4 Å². The molecule has 4 unspecified atom stereocenters. The van der Waals surface area contributed by atoms with Gasteiger partial charge in [-0.15, -0.1) is 9.24 Å². The molecule has 0 radical (unpaired) electrons. The Kier molecular flexibility index (Phi) is 7.67. The predicted molar refractivity (Wildman–Crippen MR) is 155 cm³/mol. The van der Waals surface area contributed by atoms with Gasteiger partial charge in [0.15, 0.2) is 0 Å². The second-order valence-electron chi connectivity index (χ2n) is 10.2. The van der Waals surface area contributed by atoms with Crippen LogP contribution in [0, 0.1) is 27.8 Å². The fraction of sp³-hybridized carbons (Fsp3) is 0.379. The van der Waals surface area contributed by atoms with Crippen molar-refractivity contribution in [2.24, 2.45) is 5.41 Å². The molecule has 6 heteroatoms. The number of allylic oxidation sites excluding steroid dienone is 1. The van der Waals surface area contributed by atoms with Crippen LogP contribution >= 0.6 is 17.8 Å². The molecule has 0 heterocycles. The van der Waals surface area contributed by atoms with E-state index >= 15 is 0 Å². The average molecular weight is 501 g/mol. The van der Waals surface area contributed by atoms with Crippen molar-refractivity contribution in [3.05, 3.63) is 69.5 Å².